The number of carbonyl (C=O) groups excluding carboxylic acids is 2. The lowest BCUT2D eigenvalue weighted by Crippen LogP contribution is -2.32. The smallest absolute Gasteiger partial charge is 0.253 e. The van der Waals surface area contributed by atoms with E-state index in [2.05, 4.69) is 29.0 Å². The molecule has 1 saturated carbocycles. The number of carbonyl (C=O) groups is 2. The van der Waals surface area contributed by atoms with Crippen molar-refractivity contribution in [2.24, 2.45) is 0 Å². The second-order valence-electron chi connectivity index (χ2n) is 8.61. The average molecular weight is 410 g/mol. The van der Waals surface area contributed by atoms with E-state index in [1.54, 1.807) is 6.07 Å². The van der Waals surface area contributed by atoms with E-state index in [9.17, 15) is 9.59 Å². The number of aryl methyl sites for hydroxylation is 1. The van der Waals surface area contributed by atoms with E-state index >= 15 is 0 Å². The van der Waals surface area contributed by atoms with Gasteiger partial charge in [0.2, 0.25) is 0 Å². The van der Waals surface area contributed by atoms with E-state index in [4.69, 9.17) is 0 Å². The van der Waals surface area contributed by atoms with Crippen LogP contribution >= 0.6 is 0 Å². The van der Waals surface area contributed by atoms with Crippen LogP contribution in [0, 0.1) is 13.8 Å². The number of rotatable bonds is 7. The molecule has 1 aromatic carbocycles. The highest BCUT2D eigenvalue weighted by molar-refractivity contribution is 5.96. The molecule has 0 bridgehead atoms. The number of nitrogens with one attached hydrogen (secondary N) is 2. The first-order valence-corrected chi connectivity index (χ1v) is 11.3. The molecule has 5 heteroatoms. The highest BCUT2D eigenvalue weighted by Gasteiger charge is 2.22. The molecule has 1 aliphatic carbocycles. The molecule has 3 rings (SSSR count). The number of amides is 2. The fourth-order valence-electron chi connectivity index (χ4n) is 4.42. The molecule has 30 heavy (non-hydrogen) atoms. The zero-order chi connectivity index (χ0) is 21.7. The molecule has 1 aromatic heterocycles. The summed E-state index contributed by atoms with van der Waals surface area (Å²) >= 11 is 0. The van der Waals surface area contributed by atoms with Gasteiger partial charge >= 0.3 is 0 Å². The van der Waals surface area contributed by atoms with Crippen molar-refractivity contribution >= 4 is 11.8 Å². The molecule has 0 saturated heterocycles. The minimum absolute atomic E-state index is 0.0559. The predicted molar refractivity (Wildman–Crippen MR) is 121 cm³/mol. The zero-order valence-corrected chi connectivity index (χ0v) is 18.8. The third-order valence-corrected chi connectivity index (χ3v) is 6.30. The van der Waals surface area contributed by atoms with Gasteiger partial charge in [-0.05, 0) is 63.8 Å². The lowest BCUT2D eigenvalue weighted by molar-refractivity contribution is 0.0936. The van der Waals surface area contributed by atoms with Gasteiger partial charge in [-0.3, -0.25) is 9.59 Å². The van der Waals surface area contributed by atoms with Crippen LogP contribution in [-0.4, -0.2) is 22.4 Å². The summed E-state index contributed by atoms with van der Waals surface area (Å²) < 4.78 is 2.36. The van der Waals surface area contributed by atoms with Crippen molar-refractivity contribution in [2.45, 2.75) is 84.8 Å². The van der Waals surface area contributed by atoms with Gasteiger partial charge in [0.25, 0.3) is 11.8 Å². The monoisotopic (exact) mass is 409 g/mol. The fraction of sp³-hybridized carbons (Fsp3) is 0.520. The maximum absolute atomic E-state index is 12.9. The Morgan fingerprint density at radius 1 is 1.10 bits per heavy atom. The lowest BCUT2D eigenvalue weighted by Gasteiger charge is -2.26. The van der Waals surface area contributed by atoms with Gasteiger partial charge in [-0.25, -0.2) is 0 Å². The molecule has 162 valence electrons. The molecule has 2 N–H and O–H groups in total. The van der Waals surface area contributed by atoms with E-state index < -0.39 is 0 Å². The first kappa shape index (κ1) is 22.1. The molecule has 0 aliphatic heterocycles. The van der Waals surface area contributed by atoms with Crippen LogP contribution < -0.4 is 10.6 Å². The first-order valence-electron chi connectivity index (χ1n) is 11.3. The number of hydrogen-bond donors (Lipinski definition) is 2. The van der Waals surface area contributed by atoms with Crippen LogP contribution in [0.2, 0.25) is 0 Å². The molecule has 0 spiro atoms. The van der Waals surface area contributed by atoms with E-state index in [1.807, 2.05) is 38.1 Å². The largest absolute Gasteiger partial charge is 0.350 e. The third kappa shape index (κ3) is 5.13. The van der Waals surface area contributed by atoms with Gasteiger partial charge in [-0.1, -0.05) is 38.3 Å². The van der Waals surface area contributed by atoms with Crippen LogP contribution in [0.1, 0.15) is 96.1 Å². The van der Waals surface area contributed by atoms with Crippen molar-refractivity contribution in [3.8, 4) is 0 Å². The number of hydrogen-bond acceptors (Lipinski definition) is 2. The summed E-state index contributed by atoms with van der Waals surface area (Å²) in [7, 11) is 0. The van der Waals surface area contributed by atoms with Gasteiger partial charge in [0.1, 0.15) is 0 Å². The Kier molecular flexibility index (Phi) is 7.35. The van der Waals surface area contributed by atoms with Gasteiger partial charge < -0.3 is 15.2 Å². The summed E-state index contributed by atoms with van der Waals surface area (Å²) in [5, 5.41) is 6.02. The Morgan fingerprint density at radius 2 is 1.83 bits per heavy atom. The highest BCUT2D eigenvalue weighted by atomic mass is 16.2. The van der Waals surface area contributed by atoms with E-state index in [-0.39, 0.29) is 17.9 Å². The molecule has 0 radical (unpaired) electrons. The summed E-state index contributed by atoms with van der Waals surface area (Å²) in [5.41, 5.74) is 4.51. The average Bonchev–Trinajstić information content (AvgIpc) is 3.06. The molecule has 5 nitrogen and oxygen atoms in total. The fourth-order valence-corrected chi connectivity index (χ4v) is 4.42. The Morgan fingerprint density at radius 3 is 2.53 bits per heavy atom. The summed E-state index contributed by atoms with van der Waals surface area (Å²) in [6.07, 6.45) is 7.14. The van der Waals surface area contributed by atoms with Crippen LogP contribution in [0.25, 0.3) is 0 Å². The minimum atomic E-state index is -0.0754. The topological polar surface area (TPSA) is 63.1 Å². The number of aromatic nitrogens is 1. The van der Waals surface area contributed by atoms with Crippen LogP contribution in [0.3, 0.4) is 0 Å². The van der Waals surface area contributed by atoms with E-state index in [1.165, 1.54) is 32.1 Å². The number of nitrogens with zero attached hydrogens (tertiary/aromatic N) is 1. The molecular weight excluding hydrogens is 374 g/mol. The van der Waals surface area contributed by atoms with E-state index in [0.29, 0.717) is 18.2 Å². The second kappa shape index (κ2) is 9.96. The summed E-state index contributed by atoms with van der Waals surface area (Å²) in [5.74, 6) is -0.131. The Labute approximate surface area is 180 Å². The van der Waals surface area contributed by atoms with Crippen LogP contribution in [-0.2, 0) is 6.54 Å². The molecule has 1 aliphatic rings. The zero-order valence-electron chi connectivity index (χ0n) is 18.8. The van der Waals surface area contributed by atoms with Gasteiger partial charge in [-0.2, -0.15) is 0 Å². The van der Waals surface area contributed by atoms with Crippen molar-refractivity contribution < 1.29 is 9.59 Å². The van der Waals surface area contributed by atoms with Crippen molar-refractivity contribution in [3.05, 3.63) is 58.4 Å². The quantitative estimate of drug-likeness (QED) is 0.671. The first-order chi connectivity index (χ1) is 14.4. The van der Waals surface area contributed by atoms with Gasteiger partial charge in [-0.15, -0.1) is 0 Å². The third-order valence-electron chi connectivity index (χ3n) is 6.30. The standard InChI is InChI=1S/C25H35N3O2/c1-5-17(2)27-24(29)21-11-9-10-20(15-21)16-26-25(30)23-14-18(3)28(19(23)4)22-12-7-6-8-13-22/h9-11,14-15,17,22H,5-8,12-13,16H2,1-4H3,(H,26,30)(H,27,29). The Hall–Kier alpha value is -2.56. The van der Waals surface area contributed by atoms with E-state index in [0.717, 1.165) is 28.9 Å². The van der Waals surface area contributed by atoms with Crippen LogP contribution in [0.5, 0.6) is 0 Å². The molecule has 1 unspecified atom stereocenters. The minimum Gasteiger partial charge on any atom is -0.350 e. The van der Waals surface area contributed by atoms with Crippen LogP contribution in [0.4, 0.5) is 0 Å². The van der Waals surface area contributed by atoms with Gasteiger partial charge in [0.05, 0.1) is 5.56 Å². The predicted octanol–water partition coefficient (Wildman–Crippen LogP) is 5.07. The van der Waals surface area contributed by atoms with Gasteiger partial charge in [0, 0.05) is 35.6 Å². The molecule has 2 aromatic rings. The molecular formula is C25H35N3O2. The van der Waals surface area contributed by atoms with Crippen molar-refractivity contribution in [1.82, 2.24) is 15.2 Å². The Bertz CT molecular complexity index is 894. The van der Waals surface area contributed by atoms with Crippen molar-refractivity contribution in [1.29, 1.82) is 0 Å². The number of benzene rings is 1. The van der Waals surface area contributed by atoms with Crippen LogP contribution in [0.15, 0.2) is 30.3 Å². The molecule has 1 fully saturated rings. The summed E-state index contributed by atoms with van der Waals surface area (Å²) in [4.78, 5) is 25.2. The lowest BCUT2D eigenvalue weighted by atomic mass is 9.95. The summed E-state index contributed by atoms with van der Waals surface area (Å²) in [6, 6.07) is 10.1. The van der Waals surface area contributed by atoms with Crippen molar-refractivity contribution in [2.75, 3.05) is 0 Å². The molecule has 1 atom stereocenters. The highest BCUT2D eigenvalue weighted by Crippen LogP contribution is 2.32. The Balaban J connectivity index is 1.66. The maximum Gasteiger partial charge on any atom is 0.253 e. The summed E-state index contributed by atoms with van der Waals surface area (Å²) in [6.45, 7) is 8.58. The SMILES string of the molecule is CCC(C)NC(=O)c1cccc(CNC(=O)c2cc(C)n(C3CCCCC3)c2C)c1. The second-order valence-corrected chi connectivity index (χ2v) is 8.61. The molecule has 2 amide bonds. The van der Waals surface area contributed by atoms with Crippen molar-refractivity contribution in [3.63, 3.8) is 0 Å². The maximum atomic E-state index is 12.9. The molecule has 1 heterocycles. The normalized spacial score (nSPS) is 15.6. The van der Waals surface area contributed by atoms with Gasteiger partial charge in [0.15, 0.2) is 0 Å².